The third-order valence-corrected chi connectivity index (χ3v) is 3.42. The van der Waals surface area contributed by atoms with Crippen molar-refractivity contribution in [2.75, 3.05) is 5.32 Å². The van der Waals surface area contributed by atoms with E-state index in [9.17, 15) is 0 Å². The van der Waals surface area contributed by atoms with Crippen LogP contribution in [0.5, 0.6) is 0 Å². The molecule has 0 unspecified atom stereocenters. The number of anilines is 2. The Morgan fingerprint density at radius 1 is 1.39 bits per heavy atom. The summed E-state index contributed by atoms with van der Waals surface area (Å²) in [5.74, 6) is 0.474. The fourth-order valence-electron chi connectivity index (χ4n) is 1.41. The van der Waals surface area contributed by atoms with Gasteiger partial charge in [-0.15, -0.1) is 0 Å². The Morgan fingerprint density at radius 2 is 2.17 bits per heavy atom. The summed E-state index contributed by atoms with van der Waals surface area (Å²) >= 11 is 8.33. The number of rotatable bonds is 3. The molecule has 0 aliphatic rings. The van der Waals surface area contributed by atoms with E-state index in [0.29, 0.717) is 11.6 Å². The predicted molar refractivity (Wildman–Crippen MR) is 80.1 cm³/mol. The molecular weight excluding hydrogens is 312 g/mol. The Kier molecular flexibility index (Phi) is 3.88. The minimum Gasteiger partial charge on any atom is -0.388 e. The van der Waals surface area contributed by atoms with Crippen LogP contribution in [0, 0.1) is 6.92 Å². The Morgan fingerprint density at radius 3 is 2.83 bits per heavy atom. The normalized spacial score (nSPS) is 10.1. The molecule has 3 N–H and O–H groups in total. The van der Waals surface area contributed by atoms with E-state index in [-0.39, 0.29) is 4.99 Å². The van der Waals surface area contributed by atoms with E-state index in [2.05, 4.69) is 31.2 Å². The van der Waals surface area contributed by atoms with Crippen molar-refractivity contribution in [3.8, 4) is 0 Å². The summed E-state index contributed by atoms with van der Waals surface area (Å²) in [4.78, 5) is 8.60. The standard InChI is InChI=1S/C12H11BrN4S/c1-7-6-8(2-3-9(7)13)16-12-15-5-4-10(17-12)11(14)18/h2-6H,1H3,(H2,14,18)(H,15,16,17). The van der Waals surface area contributed by atoms with Gasteiger partial charge < -0.3 is 11.1 Å². The highest BCUT2D eigenvalue weighted by Gasteiger charge is 2.03. The molecule has 0 amide bonds. The minimum absolute atomic E-state index is 0.257. The molecule has 6 heteroatoms. The molecule has 4 nitrogen and oxygen atoms in total. The van der Waals surface area contributed by atoms with E-state index in [0.717, 1.165) is 15.7 Å². The van der Waals surface area contributed by atoms with Gasteiger partial charge in [0.15, 0.2) is 0 Å². The minimum atomic E-state index is 0.257. The van der Waals surface area contributed by atoms with Crippen molar-refractivity contribution in [3.63, 3.8) is 0 Å². The fourth-order valence-corrected chi connectivity index (χ4v) is 1.77. The third kappa shape index (κ3) is 3.02. The number of thiocarbonyl (C=S) groups is 1. The van der Waals surface area contributed by atoms with Crippen molar-refractivity contribution in [2.24, 2.45) is 5.73 Å². The maximum absolute atomic E-state index is 5.53. The first-order valence-electron chi connectivity index (χ1n) is 5.22. The molecule has 0 fully saturated rings. The molecule has 0 aliphatic carbocycles. The molecule has 0 spiro atoms. The molecule has 1 aromatic carbocycles. The first-order chi connectivity index (χ1) is 8.56. The molecule has 92 valence electrons. The first kappa shape index (κ1) is 12.9. The van der Waals surface area contributed by atoms with Crippen molar-refractivity contribution in [1.29, 1.82) is 0 Å². The molecular formula is C12H11BrN4S. The highest BCUT2D eigenvalue weighted by atomic mass is 79.9. The summed E-state index contributed by atoms with van der Waals surface area (Å²) in [5, 5.41) is 3.11. The van der Waals surface area contributed by atoms with Gasteiger partial charge >= 0.3 is 0 Å². The number of aromatic nitrogens is 2. The lowest BCUT2D eigenvalue weighted by atomic mass is 10.2. The maximum atomic E-state index is 5.53. The molecule has 0 aliphatic heterocycles. The van der Waals surface area contributed by atoms with E-state index in [1.165, 1.54) is 0 Å². The van der Waals surface area contributed by atoms with Crippen molar-refractivity contribution in [2.45, 2.75) is 6.92 Å². The van der Waals surface area contributed by atoms with Gasteiger partial charge in [0, 0.05) is 16.4 Å². The lowest BCUT2D eigenvalue weighted by molar-refractivity contribution is 1.15. The number of aryl methyl sites for hydroxylation is 1. The third-order valence-electron chi connectivity index (χ3n) is 2.32. The van der Waals surface area contributed by atoms with Crippen LogP contribution in [-0.2, 0) is 0 Å². The van der Waals surface area contributed by atoms with Crippen molar-refractivity contribution in [3.05, 3.63) is 46.2 Å². The second-order valence-corrected chi connectivity index (χ2v) is 5.01. The van der Waals surface area contributed by atoms with E-state index >= 15 is 0 Å². The highest BCUT2D eigenvalue weighted by Crippen LogP contribution is 2.21. The van der Waals surface area contributed by atoms with Gasteiger partial charge in [0.1, 0.15) is 10.7 Å². The summed E-state index contributed by atoms with van der Waals surface area (Å²) < 4.78 is 1.06. The zero-order chi connectivity index (χ0) is 13.1. The molecule has 0 radical (unpaired) electrons. The number of nitrogens with two attached hydrogens (primary N) is 1. The number of benzene rings is 1. The van der Waals surface area contributed by atoms with Crippen LogP contribution in [0.15, 0.2) is 34.9 Å². The molecule has 1 aromatic heterocycles. The quantitative estimate of drug-likeness (QED) is 0.851. The van der Waals surface area contributed by atoms with Crippen LogP contribution in [0.3, 0.4) is 0 Å². The zero-order valence-corrected chi connectivity index (χ0v) is 12.0. The summed E-state index contributed by atoms with van der Waals surface area (Å²) in [6, 6.07) is 7.59. The van der Waals surface area contributed by atoms with E-state index in [1.807, 2.05) is 25.1 Å². The molecule has 1 heterocycles. The van der Waals surface area contributed by atoms with Crippen LogP contribution >= 0.6 is 28.1 Å². The summed E-state index contributed by atoms with van der Waals surface area (Å²) in [5.41, 5.74) is 8.12. The number of hydrogen-bond donors (Lipinski definition) is 2. The van der Waals surface area contributed by atoms with Crippen LogP contribution in [0.4, 0.5) is 11.6 Å². The van der Waals surface area contributed by atoms with E-state index < -0.39 is 0 Å². The van der Waals surface area contributed by atoms with Gasteiger partial charge in [0.05, 0.1) is 0 Å². The van der Waals surface area contributed by atoms with Crippen LogP contribution < -0.4 is 11.1 Å². The average Bonchev–Trinajstić information content (AvgIpc) is 2.34. The van der Waals surface area contributed by atoms with Gasteiger partial charge in [0.2, 0.25) is 5.95 Å². The van der Waals surface area contributed by atoms with E-state index in [4.69, 9.17) is 18.0 Å². The van der Waals surface area contributed by atoms with Crippen molar-refractivity contribution >= 4 is 44.8 Å². The Labute approximate surface area is 119 Å². The molecule has 2 rings (SSSR count). The van der Waals surface area contributed by atoms with Crippen molar-refractivity contribution in [1.82, 2.24) is 9.97 Å². The SMILES string of the molecule is Cc1cc(Nc2nccc(C(N)=S)n2)ccc1Br. The lowest BCUT2D eigenvalue weighted by Crippen LogP contribution is -2.12. The van der Waals surface area contributed by atoms with Gasteiger partial charge in [0.25, 0.3) is 0 Å². The number of nitrogens with one attached hydrogen (secondary N) is 1. The monoisotopic (exact) mass is 322 g/mol. The highest BCUT2D eigenvalue weighted by molar-refractivity contribution is 9.10. The van der Waals surface area contributed by atoms with Gasteiger partial charge in [-0.3, -0.25) is 0 Å². The molecule has 2 aromatic rings. The first-order valence-corrected chi connectivity index (χ1v) is 6.42. The summed E-state index contributed by atoms with van der Waals surface area (Å²) in [6.07, 6.45) is 1.62. The smallest absolute Gasteiger partial charge is 0.227 e. The van der Waals surface area contributed by atoms with Crippen LogP contribution in [0.2, 0.25) is 0 Å². The molecule has 0 atom stereocenters. The fraction of sp³-hybridized carbons (Fsp3) is 0.0833. The molecule has 0 bridgehead atoms. The van der Waals surface area contributed by atoms with E-state index in [1.54, 1.807) is 12.3 Å². The topological polar surface area (TPSA) is 63.8 Å². The Bertz CT molecular complexity index is 600. The second kappa shape index (κ2) is 5.41. The summed E-state index contributed by atoms with van der Waals surface area (Å²) in [7, 11) is 0. The maximum Gasteiger partial charge on any atom is 0.227 e. The van der Waals surface area contributed by atoms with Crippen LogP contribution in [-0.4, -0.2) is 15.0 Å². The van der Waals surface area contributed by atoms with Crippen LogP contribution in [0.1, 0.15) is 11.3 Å². The second-order valence-electron chi connectivity index (χ2n) is 3.72. The number of hydrogen-bond acceptors (Lipinski definition) is 4. The Hall–Kier alpha value is -1.53. The molecule has 0 saturated heterocycles. The number of nitrogens with zero attached hydrogens (tertiary/aromatic N) is 2. The molecule has 0 saturated carbocycles. The number of halogens is 1. The zero-order valence-electron chi connectivity index (χ0n) is 9.64. The van der Waals surface area contributed by atoms with Crippen molar-refractivity contribution < 1.29 is 0 Å². The Balaban J connectivity index is 2.25. The van der Waals surface area contributed by atoms with Gasteiger partial charge in [-0.2, -0.15) is 0 Å². The average molecular weight is 323 g/mol. The predicted octanol–water partition coefficient (Wildman–Crippen LogP) is 2.93. The lowest BCUT2D eigenvalue weighted by Gasteiger charge is -2.07. The summed E-state index contributed by atoms with van der Waals surface area (Å²) in [6.45, 7) is 2.02. The molecule has 18 heavy (non-hydrogen) atoms. The van der Waals surface area contributed by atoms with Gasteiger partial charge in [-0.1, -0.05) is 28.1 Å². The van der Waals surface area contributed by atoms with Gasteiger partial charge in [-0.05, 0) is 36.8 Å². The largest absolute Gasteiger partial charge is 0.388 e. The van der Waals surface area contributed by atoms with Gasteiger partial charge in [-0.25, -0.2) is 9.97 Å². The van der Waals surface area contributed by atoms with Crippen LogP contribution in [0.25, 0.3) is 0 Å².